The molecule has 2 atom stereocenters. The Labute approximate surface area is 209 Å². The Hall–Kier alpha value is -3.62. The van der Waals surface area contributed by atoms with Gasteiger partial charge in [0, 0.05) is 42.9 Å². The highest BCUT2D eigenvalue weighted by molar-refractivity contribution is 7.89. The Morgan fingerprint density at radius 2 is 1.97 bits per heavy atom. The van der Waals surface area contributed by atoms with Crippen LogP contribution in [0.4, 0.5) is 0 Å². The van der Waals surface area contributed by atoms with Crippen molar-refractivity contribution in [2.75, 3.05) is 13.1 Å². The van der Waals surface area contributed by atoms with E-state index in [2.05, 4.69) is 15.8 Å². The number of carboxylic acids is 1. The van der Waals surface area contributed by atoms with Gasteiger partial charge in [-0.05, 0) is 55.5 Å². The fourth-order valence-corrected chi connectivity index (χ4v) is 6.24. The van der Waals surface area contributed by atoms with Gasteiger partial charge in [-0.1, -0.05) is 13.0 Å². The summed E-state index contributed by atoms with van der Waals surface area (Å²) in [4.78, 5) is 29.6. The number of hydrogen-bond acceptors (Lipinski definition) is 5. The van der Waals surface area contributed by atoms with Crippen molar-refractivity contribution in [1.29, 1.82) is 5.26 Å². The Balaban J connectivity index is 1.55. The van der Waals surface area contributed by atoms with Crippen molar-refractivity contribution in [2.45, 2.75) is 43.7 Å². The van der Waals surface area contributed by atoms with Gasteiger partial charge in [0.2, 0.25) is 15.9 Å². The second-order valence-corrected chi connectivity index (χ2v) is 10.8. The maximum absolute atomic E-state index is 13.5. The SMILES string of the molecule is CC(C(=O)O)C1CCN(C(=O)C(CCn2cccc2C#N)NS(=O)(=O)c2cccc3[nH]ccc23)CC1. The molecule has 2 aromatic heterocycles. The number of fused-ring (bicyclic) bond motifs is 1. The highest BCUT2D eigenvalue weighted by atomic mass is 32.2. The number of aromatic nitrogens is 2. The Morgan fingerprint density at radius 3 is 2.67 bits per heavy atom. The third-order valence-electron chi connectivity index (χ3n) is 6.99. The van der Waals surface area contributed by atoms with Crippen molar-refractivity contribution in [3.8, 4) is 6.07 Å². The topological polar surface area (TPSA) is 148 Å². The number of rotatable bonds is 9. The molecule has 3 N–H and O–H groups in total. The number of hydrogen-bond donors (Lipinski definition) is 3. The second-order valence-electron chi connectivity index (χ2n) is 9.15. The zero-order chi connectivity index (χ0) is 25.9. The summed E-state index contributed by atoms with van der Waals surface area (Å²) in [6.07, 6.45) is 4.60. The van der Waals surface area contributed by atoms with Crippen molar-refractivity contribution < 1.29 is 23.1 Å². The monoisotopic (exact) mass is 511 g/mol. The lowest BCUT2D eigenvalue weighted by molar-refractivity contribution is -0.144. The van der Waals surface area contributed by atoms with E-state index in [4.69, 9.17) is 0 Å². The van der Waals surface area contributed by atoms with Crippen LogP contribution in [0.1, 0.15) is 31.9 Å². The van der Waals surface area contributed by atoms with Crippen LogP contribution < -0.4 is 4.72 Å². The Kier molecular flexibility index (Phi) is 7.47. The number of H-pyrrole nitrogens is 1. The van der Waals surface area contributed by atoms with E-state index in [1.54, 1.807) is 59.1 Å². The number of aliphatic carboxylic acids is 1. The summed E-state index contributed by atoms with van der Waals surface area (Å²) >= 11 is 0. The van der Waals surface area contributed by atoms with Crippen LogP contribution in [-0.4, -0.2) is 59.0 Å². The van der Waals surface area contributed by atoms with E-state index in [0.29, 0.717) is 42.5 Å². The molecule has 0 bridgehead atoms. The third-order valence-corrected chi connectivity index (χ3v) is 8.52. The molecule has 190 valence electrons. The van der Waals surface area contributed by atoms with E-state index in [1.807, 2.05) is 0 Å². The number of nitrogens with one attached hydrogen (secondary N) is 2. The van der Waals surface area contributed by atoms with Crippen molar-refractivity contribution >= 4 is 32.8 Å². The number of aromatic amines is 1. The summed E-state index contributed by atoms with van der Waals surface area (Å²) in [6.45, 7) is 2.67. The number of carbonyl (C=O) groups excluding carboxylic acids is 1. The molecule has 10 nitrogen and oxygen atoms in total. The summed E-state index contributed by atoms with van der Waals surface area (Å²) in [6, 6.07) is 11.0. The number of carbonyl (C=O) groups is 2. The maximum Gasteiger partial charge on any atom is 0.306 e. The normalized spacial score (nSPS) is 16.5. The van der Waals surface area contributed by atoms with Gasteiger partial charge in [-0.3, -0.25) is 9.59 Å². The summed E-state index contributed by atoms with van der Waals surface area (Å²) in [5.74, 6) is -1.75. The van der Waals surface area contributed by atoms with Gasteiger partial charge in [-0.25, -0.2) is 8.42 Å². The largest absolute Gasteiger partial charge is 0.481 e. The number of likely N-dealkylation sites (tertiary alicyclic amines) is 1. The van der Waals surface area contributed by atoms with Crippen LogP contribution in [0.15, 0.2) is 53.7 Å². The van der Waals surface area contributed by atoms with Crippen LogP contribution in [0.25, 0.3) is 10.9 Å². The highest BCUT2D eigenvalue weighted by Crippen LogP contribution is 2.27. The molecular formula is C25H29N5O5S. The second kappa shape index (κ2) is 10.6. The van der Waals surface area contributed by atoms with Gasteiger partial charge in [0.1, 0.15) is 17.8 Å². The summed E-state index contributed by atoms with van der Waals surface area (Å²) in [7, 11) is -4.05. The first kappa shape index (κ1) is 25.5. The molecule has 3 aromatic rings. The van der Waals surface area contributed by atoms with Gasteiger partial charge in [-0.2, -0.15) is 9.98 Å². The number of benzene rings is 1. The first-order valence-corrected chi connectivity index (χ1v) is 13.3. The minimum atomic E-state index is -4.05. The van der Waals surface area contributed by atoms with E-state index >= 15 is 0 Å². The quantitative estimate of drug-likeness (QED) is 0.402. The van der Waals surface area contributed by atoms with E-state index in [-0.39, 0.29) is 29.7 Å². The van der Waals surface area contributed by atoms with Gasteiger partial charge in [0.05, 0.1) is 10.8 Å². The zero-order valence-electron chi connectivity index (χ0n) is 19.9. The summed E-state index contributed by atoms with van der Waals surface area (Å²) < 4.78 is 31.1. The molecule has 0 saturated carbocycles. The van der Waals surface area contributed by atoms with Crippen molar-refractivity contribution in [3.63, 3.8) is 0 Å². The van der Waals surface area contributed by atoms with Crippen LogP contribution >= 0.6 is 0 Å². The number of nitrogens with zero attached hydrogens (tertiary/aromatic N) is 3. The number of aryl methyl sites for hydroxylation is 1. The van der Waals surface area contributed by atoms with E-state index in [9.17, 15) is 28.4 Å². The number of amides is 1. The highest BCUT2D eigenvalue weighted by Gasteiger charge is 2.34. The third kappa shape index (κ3) is 5.29. The van der Waals surface area contributed by atoms with E-state index < -0.39 is 28.0 Å². The molecule has 1 aromatic carbocycles. The molecule has 1 amide bonds. The Bertz CT molecular complexity index is 1400. The fraction of sp³-hybridized carbons (Fsp3) is 0.400. The fourth-order valence-electron chi connectivity index (χ4n) is 4.80. The first-order chi connectivity index (χ1) is 17.2. The smallest absolute Gasteiger partial charge is 0.306 e. The number of nitriles is 1. The van der Waals surface area contributed by atoms with Gasteiger partial charge in [-0.15, -0.1) is 0 Å². The number of carboxylic acid groups (broad SMARTS) is 1. The molecule has 1 aliphatic rings. The molecular weight excluding hydrogens is 482 g/mol. The standard InChI is InChI=1S/C25H29N5O5S/c1-17(25(32)33)18-8-13-30(14-9-18)24(31)22(10-15-29-12-3-4-19(29)16-26)28-36(34,35)23-6-2-5-21-20(23)7-11-27-21/h2-7,11-12,17-18,22,27-28H,8-10,13-15H2,1H3,(H,32,33). The lowest BCUT2D eigenvalue weighted by Gasteiger charge is -2.35. The van der Waals surface area contributed by atoms with Crippen LogP contribution in [0.5, 0.6) is 0 Å². The maximum atomic E-state index is 13.5. The average molecular weight is 512 g/mol. The Morgan fingerprint density at radius 1 is 1.22 bits per heavy atom. The predicted octanol–water partition coefficient (Wildman–Crippen LogP) is 2.54. The summed E-state index contributed by atoms with van der Waals surface area (Å²) in [5.41, 5.74) is 1.09. The molecule has 1 fully saturated rings. The molecule has 2 unspecified atom stereocenters. The molecule has 11 heteroatoms. The minimum absolute atomic E-state index is 0.0362. The molecule has 1 saturated heterocycles. The minimum Gasteiger partial charge on any atom is -0.481 e. The van der Waals surface area contributed by atoms with E-state index in [1.165, 1.54) is 6.07 Å². The molecule has 4 rings (SSSR count). The van der Waals surface area contributed by atoms with Crippen molar-refractivity contribution in [3.05, 3.63) is 54.5 Å². The zero-order valence-corrected chi connectivity index (χ0v) is 20.7. The van der Waals surface area contributed by atoms with Gasteiger partial charge in [0.25, 0.3) is 0 Å². The van der Waals surface area contributed by atoms with Gasteiger partial charge in [0.15, 0.2) is 0 Å². The molecule has 0 spiro atoms. The first-order valence-electron chi connectivity index (χ1n) is 11.9. The van der Waals surface area contributed by atoms with Crippen molar-refractivity contribution in [1.82, 2.24) is 19.2 Å². The molecule has 36 heavy (non-hydrogen) atoms. The van der Waals surface area contributed by atoms with Gasteiger partial charge < -0.3 is 19.6 Å². The van der Waals surface area contributed by atoms with Crippen LogP contribution in [0.3, 0.4) is 0 Å². The van der Waals surface area contributed by atoms with Crippen LogP contribution in [0, 0.1) is 23.2 Å². The molecule has 0 aliphatic carbocycles. The van der Waals surface area contributed by atoms with Gasteiger partial charge >= 0.3 is 5.97 Å². The molecule has 1 aliphatic heterocycles. The predicted molar refractivity (Wildman–Crippen MR) is 132 cm³/mol. The average Bonchev–Trinajstić information content (AvgIpc) is 3.54. The van der Waals surface area contributed by atoms with Crippen LogP contribution in [-0.2, 0) is 26.2 Å². The van der Waals surface area contributed by atoms with Crippen molar-refractivity contribution in [2.24, 2.45) is 11.8 Å². The lowest BCUT2D eigenvalue weighted by Crippen LogP contribution is -2.51. The summed E-state index contributed by atoms with van der Waals surface area (Å²) in [5, 5.41) is 19.1. The molecule has 3 heterocycles. The number of piperidine rings is 1. The lowest BCUT2D eigenvalue weighted by atomic mass is 9.85. The molecule has 0 radical (unpaired) electrons. The van der Waals surface area contributed by atoms with Crippen LogP contribution in [0.2, 0.25) is 0 Å². The van der Waals surface area contributed by atoms with E-state index in [0.717, 1.165) is 0 Å². The number of sulfonamides is 1.